The lowest BCUT2D eigenvalue weighted by Gasteiger charge is -2.39. The number of nitrogens with zero attached hydrogens (tertiary/aromatic N) is 4. The largest absolute Gasteiger partial charge is 0.497 e. The van der Waals surface area contributed by atoms with Gasteiger partial charge in [0.15, 0.2) is 6.23 Å². The Kier molecular flexibility index (Phi) is 7.85. The molecule has 6 aromatic carbocycles. The molecular formula is C45H35N5O5. The van der Waals surface area contributed by atoms with Crippen LogP contribution in [0.15, 0.2) is 157 Å². The minimum absolute atomic E-state index is 0.0182. The monoisotopic (exact) mass is 725 g/mol. The van der Waals surface area contributed by atoms with Crippen LogP contribution in [-0.4, -0.2) is 27.8 Å². The summed E-state index contributed by atoms with van der Waals surface area (Å²) in [6.07, 6.45) is 1.86. The molecule has 0 aromatic heterocycles. The lowest BCUT2D eigenvalue weighted by Crippen LogP contribution is -2.43. The third-order valence-corrected chi connectivity index (χ3v) is 10.8. The lowest BCUT2D eigenvalue weighted by molar-refractivity contribution is -0.384. The topological polar surface area (TPSA) is 102 Å². The summed E-state index contributed by atoms with van der Waals surface area (Å²) in [5.74, 6) is 2.28. The number of fused-ring (bicyclic) bond motifs is 6. The fourth-order valence-corrected chi connectivity index (χ4v) is 8.06. The van der Waals surface area contributed by atoms with Crippen molar-refractivity contribution in [1.82, 2.24) is 15.4 Å². The van der Waals surface area contributed by atoms with E-state index in [1.165, 1.54) is 0 Å². The van der Waals surface area contributed by atoms with Crippen LogP contribution in [0.25, 0.3) is 16.8 Å². The van der Waals surface area contributed by atoms with Gasteiger partial charge in [-0.25, -0.2) is 5.01 Å². The highest BCUT2D eigenvalue weighted by Gasteiger charge is 2.42. The van der Waals surface area contributed by atoms with Crippen molar-refractivity contribution in [2.45, 2.75) is 31.0 Å². The van der Waals surface area contributed by atoms with E-state index in [0.29, 0.717) is 16.9 Å². The average Bonchev–Trinajstić information content (AvgIpc) is 3.90. The average molecular weight is 726 g/mol. The second-order valence-electron chi connectivity index (χ2n) is 14.0. The number of methoxy groups -OCH3 is 1. The minimum atomic E-state index is -0.672. The molecule has 55 heavy (non-hydrogen) atoms. The molecule has 4 aliphatic rings. The number of non-ortho nitro benzene ring substituents is 1. The van der Waals surface area contributed by atoms with Crippen molar-refractivity contribution in [1.29, 1.82) is 0 Å². The summed E-state index contributed by atoms with van der Waals surface area (Å²) < 4.78 is 18.7. The normalized spacial score (nSPS) is 20.7. The summed E-state index contributed by atoms with van der Waals surface area (Å²) in [6.45, 7) is 0. The highest BCUT2D eigenvalue weighted by molar-refractivity contribution is 6.02. The Bertz CT molecular complexity index is 2510. The van der Waals surface area contributed by atoms with Gasteiger partial charge in [-0.2, -0.15) is 10.1 Å². The fourth-order valence-electron chi connectivity index (χ4n) is 8.06. The number of hydrogen-bond acceptors (Lipinski definition) is 9. The van der Waals surface area contributed by atoms with Crippen LogP contribution in [0.5, 0.6) is 17.2 Å². The zero-order valence-electron chi connectivity index (χ0n) is 29.8. The van der Waals surface area contributed by atoms with Gasteiger partial charge in [0.2, 0.25) is 6.23 Å². The van der Waals surface area contributed by atoms with Crippen molar-refractivity contribution < 1.29 is 19.1 Å². The van der Waals surface area contributed by atoms with E-state index in [0.717, 1.165) is 62.7 Å². The van der Waals surface area contributed by atoms with Gasteiger partial charge in [0.25, 0.3) is 5.69 Å². The van der Waals surface area contributed by atoms with Crippen molar-refractivity contribution in [3.05, 3.63) is 195 Å². The molecule has 10 heteroatoms. The molecule has 0 amide bonds. The number of para-hydroxylation sites is 1. The number of hydrazine groups is 1. The van der Waals surface area contributed by atoms with Crippen molar-refractivity contribution in [2.75, 3.05) is 7.11 Å². The molecule has 0 radical (unpaired) electrons. The van der Waals surface area contributed by atoms with Crippen molar-refractivity contribution in [3.8, 4) is 28.4 Å². The van der Waals surface area contributed by atoms with E-state index in [4.69, 9.17) is 19.3 Å². The van der Waals surface area contributed by atoms with Crippen molar-refractivity contribution in [2.24, 2.45) is 5.10 Å². The maximum Gasteiger partial charge on any atom is 0.270 e. The van der Waals surface area contributed by atoms with E-state index in [-0.39, 0.29) is 28.9 Å². The molecular weight excluding hydrogens is 691 g/mol. The molecule has 10 nitrogen and oxygen atoms in total. The quantitative estimate of drug-likeness (QED) is 0.128. The fraction of sp³-hybridized carbons (Fsp3) is 0.133. The minimum Gasteiger partial charge on any atom is -0.497 e. The lowest BCUT2D eigenvalue weighted by atomic mass is 9.94. The number of hydrazone groups is 1. The molecule has 0 fully saturated rings. The van der Waals surface area contributed by atoms with Crippen molar-refractivity contribution >= 4 is 17.1 Å². The molecule has 0 bridgehead atoms. The second kappa shape index (κ2) is 13.2. The third kappa shape index (κ3) is 5.75. The van der Waals surface area contributed by atoms with E-state index in [2.05, 4.69) is 34.7 Å². The van der Waals surface area contributed by atoms with E-state index in [1.54, 1.807) is 19.2 Å². The molecule has 0 spiro atoms. The number of rotatable bonds is 7. The zero-order valence-corrected chi connectivity index (χ0v) is 29.8. The Morgan fingerprint density at radius 2 is 1.42 bits per heavy atom. The molecule has 0 saturated heterocycles. The van der Waals surface area contributed by atoms with E-state index < -0.39 is 6.23 Å². The van der Waals surface area contributed by atoms with Gasteiger partial charge in [-0.1, -0.05) is 103 Å². The van der Waals surface area contributed by atoms with Gasteiger partial charge < -0.3 is 19.6 Å². The number of hydrogen-bond donors (Lipinski definition) is 1. The number of nitro benzene ring substituents is 1. The van der Waals surface area contributed by atoms with E-state index >= 15 is 0 Å². The van der Waals surface area contributed by atoms with E-state index in [9.17, 15) is 10.1 Å². The summed E-state index contributed by atoms with van der Waals surface area (Å²) in [5.41, 5.74) is 12.7. The first kappa shape index (κ1) is 32.7. The summed E-state index contributed by atoms with van der Waals surface area (Å²) in [7, 11) is 1.64. The Morgan fingerprint density at radius 1 is 0.709 bits per heavy atom. The first-order chi connectivity index (χ1) is 27.0. The Hall–Kier alpha value is -6.91. The van der Waals surface area contributed by atoms with Gasteiger partial charge in [0.1, 0.15) is 17.2 Å². The summed E-state index contributed by atoms with van der Waals surface area (Å²) in [6, 6.07) is 47.3. The van der Waals surface area contributed by atoms with Crippen molar-refractivity contribution in [3.63, 3.8) is 0 Å². The molecule has 4 atom stereocenters. The third-order valence-electron chi connectivity index (χ3n) is 10.8. The number of benzene rings is 6. The summed E-state index contributed by atoms with van der Waals surface area (Å²) in [5, 5.41) is 21.6. The number of nitrogens with one attached hydrogen (secondary N) is 1. The molecule has 0 saturated carbocycles. The first-order valence-corrected chi connectivity index (χ1v) is 18.2. The second-order valence-corrected chi connectivity index (χ2v) is 14.0. The molecule has 4 unspecified atom stereocenters. The Morgan fingerprint density at radius 3 is 2.20 bits per heavy atom. The smallest absolute Gasteiger partial charge is 0.270 e. The Balaban J connectivity index is 0.985. The van der Waals surface area contributed by atoms with Crippen LogP contribution in [0, 0.1) is 10.1 Å². The van der Waals surface area contributed by atoms with Gasteiger partial charge in [-0.3, -0.25) is 10.1 Å². The highest BCUT2D eigenvalue weighted by Crippen LogP contribution is 2.49. The summed E-state index contributed by atoms with van der Waals surface area (Å²) in [4.78, 5) is 12.1. The predicted molar refractivity (Wildman–Crippen MR) is 209 cm³/mol. The van der Waals surface area contributed by atoms with Crippen LogP contribution in [-0.2, 0) is 0 Å². The van der Waals surface area contributed by atoms with Gasteiger partial charge in [-0.05, 0) is 58.7 Å². The van der Waals surface area contributed by atoms with Crippen LogP contribution in [0.1, 0.15) is 64.3 Å². The molecule has 4 heterocycles. The van der Waals surface area contributed by atoms with E-state index in [1.807, 2.05) is 120 Å². The van der Waals surface area contributed by atoms with Crippen LogP contribution >= 0.6 is 0 Å². The molecule has 270 valence electrons. The van der Waals surface area contributed by atoms with Crippen LogP contribution in [0.3, 0.4) is 0 Å². The molecule has 10 rings (SSSR count). The van der Waals surface area contributed by atoms with Crippen LogP contribution < -0.4 is 19.6 Å². The Labute approximate surface area is 317 Å². The molecule has 6 aromatic rings. The number of ether oxygens (including phenoxy) is 3. The van der Waals surface area contributed by atoms with Gasteiger partial charge in [0.05, 0.1) is 35.5 Å². The molecule has 1 N–H and O–H groups in total. The predicted octanol–water partition coefficient (Wildman–Crippen LogP) is 9.51. The highest BCUT2D eigenvalue weighted by atomic mass is 16.6. The maximum atomic E-state index is 12.4. The van der Waals surface area contributed by atoms with Gasteiger partial charge in [-0.15, -0.1) is 0 Å². The summed E-state index contributed by atoms with van der Waals surface area (Å²) >= 11 is 0. The first-order valence-electron chi connectivity index (χ1n) is 18.2. The zero-order chi connectivity index (χ0) is 37.0. The van der Waals surface area contributed by atoms with Gasteiger partial charge in [0, 0.05) is 40.8 Å². The van der Waals surface area contributed by atoms with Crippen LogP contribution in [0.2, 0.25) is 0 Å². The number of nitro groups is 1. The van der Waals surface area contributed by atoms with Crippen LogP contribution in [0.4, 0.5) is 5.69 Å². The SMILES string of the molecule is COc1ccc2c(c1)C1C=C(c3ccccc3)NN1C(c1cc(-c3ccc(C4=NN5C(C4)c4ccccc4OC5c4ccccc4)cc3)cc([N+](=O)[O-])c1)O2. The maximum absolute atomic E-state index is 12.4. The standard InChI is InChI=1S/C45H35N5O5/c1-53-35-20-21-43-37(25-35)41-27-38(29-10-4-2-5-11-29)46-49(41)45(55-43)33-22-32(23-34(24-33)50(51)52)28-16-18-30(19-17-28)39-26-40-36-14-8-9-15-42(36)54-44(48(40)47-39)31-12-6-3-7-13-31/h2-25,27,40-41,44-46H,26H2,1H3. The molecule has 4 aliphatic heterocycles. The molecule has 0 aliphatic carbocycles. The van der Waals surface area contributed by atoms with Gasteiger partial charge >= 0.3 is 0 Å².